The van der Waals surface area contributed by atoms with Crippen LogP contribution in [0.25, 0.3) is 0 Å². The molecular formula is C14H21BrO3. The molecule has 3 nitrogen and oxygen atoms in total. The maximum Gasteiger partial charge on any atom is 0.319 e. The summed E-state index contributed by atoms with van der Waals surface area (Å²) in [6.45, 7) is 2.16. The molecule has 2 rings (SSSR count). The number of halogens is 1. The van der Waals surface area contributed by atoms with Gasteiger partial charge in [-0.3, -0.25) is 9.59 Å². The Morgan fingerprint density at radius 1 is 1.56 bits per heavy atom. The molecule has 2 aliphatic carbocycles. The second-order valence-electron chi connectivity index (χ2n) is 5.58. The average Bonchev–Trinajstić information content (AvgIpc) is 2.73. The molecule has 0 aromatic carbocycles. The zero-order valence-electron chi connectivity index (χ0n) is 11.1. The molecule has 0 aliphatic heterocycles. The van der Waals surface area contributed by atoms with Crippen LogP contribution in [0.5, 0.6) is 0 Å². The third-order valence-electron chi connectivity index (χ3n) is 4.98. The van der Waals surface area contributed by atoms with Crippen molar-refractivity contribution in [2.45, 2.75) is 39.0 Å². The fourth-order valence-corrected chi connectivity index (χ4v) is 4.92. The minimum Gasteiger partial charge on any atom is -0.468 e. The Kier molecular flexibility index (Phi) is 4.15. The van der Waals surface area contributed by atoms with Crippen molar-refractivity contribution in [1.82, 2.24) is 0 Å². The van der Waals surface area contributed by atoms with E-state index in [2.05, 4.69) is 22.9 Å². The van der Waals surface area contributed by atoms with Crippen LogP contribution >= 0.6 is 15.9 Å². The van der Waals surface area contributed by atoms with Crippen LogP contribution in [0.3, 0.4) is 0 Å². The first-order chi connectivity index (χ1) is 8.61. The largest absolute Gasteiger partial charge is 0.468 e. The molecule has 0 saturated heterocycles. The number of carbonyl (C=O) groups excluding carboxylic acids is 2. The molecule has 0 heterocycles. The first kappa shape index (κ1) is 14.0. The summed E-state index contributed by atoms with van der Waals surface area (Å²) in [4.78, 5) is 24.7. The fourth-order valence-electron chi connectivity index (χ4n) is 4.21. The maximum atomic E-state index is 12.4. The molecule has 18 heavy (non-hydrogen) atoms. The molecule has 2 fully saturated rings. The van der Waals surface area contributed by atoms with E-state index in [1.807, 2.05) is 0 Å². The number of fused-ring (bicyclic) bond motifs is 1. The van der Waals surface area contributed by atoms with Crippen molar-refractivity contribution in [2.24, 2.45) is 23.2 Å². The van der Waals surface area contributed by atoms with Gasteiger partial charge in [0.05, 0.1) is 7.11 Å². The molecule has 0 amide bonds. The monoisotopic (exact) mass is 316 g/mol. The number of rotatable bonds is 3. The summed E-state index contributed by atoms with van der Waals surface area (Å²) in [6, 6.07) is 0. The number of Topliss-reactive ketones (excluding diaryl/α,β-unsaturated/α-hetero) is 1. The molecule has 4 heteroatoms. The summed E-state index contributed by atoms with van der Waals surface area (Å²) in [6.07, 6.45) is 4.16. The number of carbonyl (C=O) groups is 2. The van der Waals surface area contributed by atoms with Gasteiger partial charge in [0.1, 0.15) is 11.2 Å². The van der Waals surface area contributed by atoms with E-state index in [-0.39, 0.29) is 17.7 Å². The Labute approximate surface area is 117 Å². The quantitative estimate of drug-likeness (QED) is 0.457. The lowest BCUT2D eigenvalue weighted by Gasteiger charge is -2.37. The van der Waals surface area contributed by atoms with Crippen LogP contribution in [0.2, 0.25) is 0 Å². The van der Waals surface area contributed by atoms with E-state index in [9.17, 15) is 9.59 Å². The van der Waals surface area contributed by atoms with Gasteiger partial charge in [0.15, 0.2) is 0 Å². The molecule has 0 N–H and O–H groups in total. The van der Waals surface area contributed by atoms with Gasteiger partial charge in [-0.2, -0.15) is 0 Å². The van der Waals surface area contributed by atoms with Gasteiger partial charge >= 0.3 is 5.97 Å². The Morgan fingerprint density at radius 2 is 2.28 bits per heavy atom. The van der Waals surface area contributed by atoms with E-state index in [4.69, 9.17) is 4.74 Å². The second-order valence-corrected chi connectivity index (χ2v) is 6.22. The summed E-state index contributed by atoms with van der Waals surface area (Å²) in [5.41, 5.74) is -0.827. The molecule has 0 aromatic rings. The zero-order valence-corrected chi connectivity index (χ0v) is 12.7. The summed E-state index contributed by atoms with van der Waals surface area (Å²) in [5.74, 6) is 0.902. The normalized spacial score (nSPS) is 39.5. The fraction of sp³-hybridized carbons (Fsp3) is 0.857. The Bertz CT molecular complexity index is 345. The van der Waals surface area contributed by atoms with Gasteiger partial charge in [-0.25, -0.2) is 0 Å². The van der Waals surface area contributed by atoms with Crippen molar-refractivity contribution in [3.05, 3.63) is 0 Å². The van der Waals surface area contributed by atoms with E-state index in [1.165, 1.54) is 7.11 Å². The number of hydrogen-bond donors (Lipinski definition) is 0. The minimum absolute atomic E-state index is 0.118. The minimum atomic E-state index is -0.827. The van der Waals surface area contributed by atoms with Gasteiger partial charge in [0.25, 0.3) is 0 Å². The van der Waals surface area contributed by atoms with E-state index >= 15 is 0 Å². The Morgan fingerprint density at radius 3 is 2.83 bits per heavy atom. The van der Waals surface area contributed by atoms with Crippen LogP contribution in [-0.4, -0.2) is 24.2 Å². The van der Waals surface area contributed by atoms with E-state index < -0.39 is 5.41 Å². The van der Waals surface area contributed by atoms with Gasteiger partial charge in [0, 0.05) is 11.8 Å². The highest BCUT2D eigenvalue weighted by Gasteiger charge is 2.62. The van der Waals surface area contributed by atoms with Gasteiger partial charge in [-0.15, -0.1) is 0 Å². The Balaban J connectivity index is 2.42. The molecule has 2 aliphatic rings. The van der Waals surface area contributed by atoms with E-state index in [0.717, 1.165) is 24.6 Å². The number of esters is 1. The summed E-state index contributed by atoms with van der Waals surface area (Å²) < 4.78 is 4.98. The van der Waals surface area contributed by atoms with Gasteiger partial charge in [0.2, 0.25) is 0 Å². The number of hydrogen-bond acceptors (Lipinski definition) is 3. The Hall–Kier alpha value is -0.380. The molecule has 0 radical (unpaired) electrons. The number of methoxy groups -OCH3 is 1. The smallest absolute Gasteiger partial charge is 0.319 e. The SMILES string of the molecule is CCC1C(CBr)CC2(C(=O)OC)C(=O)CCCC12. The molecule has 4 atom stereocenters. The van der Waals surface area contributed by atoms with Crippen LogP contribution in [0.15, 0.2) is 0 Å². The molecule has 0 aromatic heterocycles. The van der Waals surface area contributed by atoms with Crippen LogP contribution in [-0.2, 0) is 14.3 Å². The first-order valence-corrected chi connectivity index (χ1v) is 7.91. The van der Waals surface area contributed by atoms with Crippen LogP contribution in [0.4, 0.5) is 0 Å². The maximum absolute atomic E-state index is 12.4. The standard InChI is InChI=1S/C14H21BrO3/c1-3-10-9(8-15)7-14(13(17)18-2)11(10)5-4-6-12(14)16/h9-11H,3-8H2,1-2H3. The van der Waals surface area contributed by atoms with Gasteiger partial charge < -0.3 is 4.74 Å². The van der Waals surface area contributed by atoms with Crippen LogP contribution < -0.4 is 0 Å². The lowest BCUT2D eigenvalue weighted by Crippen LogP contribution is -2.47. The number of ether oxygens (including phenoxy) is 1. The lowest BCUT2D eigenvalue weighted by atomic mass is 9.65. The number of ketones is 1. The van der Waals surface area contributed by atoms with E-state index in [1.54, 1.807) is 0 Å². The topological polar surface area (TPSA) is 43.4 Å². The predicted octanol–water partition coefficient (Wildman–Crippen LogP) is 2.96. The molecule has 0 spiro atoms. The molecular weight excluding hydrogens is 296 g/mol. The second kappa shape index (κ2) is 5.32. The van der Waals surface area contributed by atoms with Crippen LogP contribution in [0, 0.1) is 23.2 Å². The molecule has 0 bridgehead atoms. The third kappa shape index (κ3) is 1.84. The van der Waals surface area contributed by atoms with Crippen molar-refractivity contribution in [1.29, 1.82) is 0 Å². The van der Waals surface area contributed by atoms with Crippen molar-refractivity contribution in [3.8, 4) is 0 Å². The summed E-state index contributed by atoms with van der Waals surface area (Å²) >= 11 is 3.54. The van der Waals surface area contributed by atoms with E-state index in [0.29, 0.717) is 24.7 Å². The number of alkyl halides is 1. The van der Waals surface area contributed by atoms with Crippen molar-refractivity contribution in [3.63, 3.8) is 0 Å². The highest BCUT2D eigenvalue weighted by Crippen LogP contribution is 2.57. The summed E-state index contributed by atoms with van der Waals surface area (Å²) in [7, 11) is 1.40. The lowest BCUT2D eigenvalue weighted by molar-refractivity contribution is -0.163. The van der Waals surface area contributed by atoms with Gasteiger partial charge in [-0.1, -0.05) is 29.3 Å². The first-order valence-electron chi connectivity index (χ1n) is 6.79. The van der Waals surface area contributed by atoms with Crippen molar-refractivity contribution in [2.75, 3.05) is 12.4 Å². The predicted molar refractivity (Wildman–Crippen MR) is 72.5 cm³/mol. The molecule has 4 unspecified atom stereocenters. The average molecular weight is 317 g/mol. The highest BCUT2D eigenvalue weighted by atomic mass is 79.9. The highest BCUT2D eigenvalue weighted by molar-refractivity contribution is 9.09. The molecule has 102 valence electrons. The van der Waals surface area contributed by atoms with Gasteiger partial charge in [-0.05, 0) is 37.0 Å². The van der Waals surface area contributed by atoms with Crippen LogP contribution in [0.1, 0.15) is 39.0 Å². The molecule has 2 saturated carbocycles. The third-order valence-corrected chi connectivity index (χ3v) is 5.81. The summed E-state index contributed by atoms with van der Waals surface area (Å²) in [5, 5.41) is 0.869. The zero-order chi connectivity index (χ0) is 13.3. The van der Waals surface area contributed by atoms with Crippen molar-refractivity contribution < 1.29 is 14.3 Å². The van der Waals surface area contributed by atoms with Crippen molar-refractivity contribution >= 4 is 27.7 Å².